The number of aromatic nitrogens is 3. The molecular weight excluding hydrogens is 458 g/mol. The minimum absolute atomic E-state index is 0.130. The predicted octanol–water partition coefficient (Wildman–Crippen LogP) is 2.98. The van der Waals surface area contributed by atoms with Gasteiger partial charge in [0.2, 0.25) is 5.91 Å². The fourth-order valence-corrected chi connectivity index (χ4v) is 3.92. The Kier molecular flexibility index (Phi) is 8.74. The van der Waals surface area contributed by atoms with Crippen LogP contribution in [0, 0.1) is 0 Å². The lowest BCUT2D eigenvalue weighted by molar-refractivity contribution is -0.113. The SMILES string of the molecule is CCn1c(CNC(=O)c2ccc(OC)cc2)nnc1SCC(=O)Nc1ccc(OC)cc1OC. The largest absolute Gasteiger partial charge is 0.497 e. The third-order valence-corrected chi connectivity index (χ3v) is 5.85. The lowest BCUT2D eigenvalue weighted by atomic mass is 10.2. The summed E-state index contributed by atoms with van der Waals surface area (Å²) in [5.41, 5.74) is 1.07. The van der Waals surface area contributed by atoms with Crippen LogP contribution in [0.5, 0.6) is 17.2 Å². The monoisotopic (exact) mass is 485 g/mol. The van der Waals surface area contributed by atoms with E-state index in [1.807, 2.05) is 11.5 Å². The lowest BCUT2D eigenvalue weighted by Gasteiger charge is -2.12. The van der Waals surface area contributed by atoms with Gasteiger partial charge in [0.15, 0.2) is 11.0 Å². The number of carbonyl (C=O) groups is 2. The summed E-state index contributed by atoms with van der Waals surface area (Å²) in [4.78, 5) is 24.9. The molecule has 3 rings (SSSR count). The highest BCUT2D eigenvalue weighted by Crippen LogP contribution is 2.29. The zero-order chi connectivity index (χ0) is 24.5. The van der Waals surface area contributed by atoms with Crippen molar-refractivity contribution in [2.75, 3.05) is 32.4 Å². The van der Waals surface area contributed by atoms with E-state index >= 15 is 0 Å². The smallest absolute Gasteiger partial charge is 0.251 e. The second kappa shape index (κ2) is 11.9. The number of methoxy groups -OCH3 is 3. The van der Waals surface area contributed by atoms with Crippen molar-refractivity contribution in [1.29, 1.82) is 0 Å². The van der Waals surface area contributed by atoms with Crippen molar-refractivity contribution in [2.24, 2.45) is 0 Å². The van der Waals surface area contributed by atoms with Crippen LogP contribution in [0.25, 0.3) is 0 Å². The van der Waals surface area contributed by atoms with E-state index in [0.717, 1.165) is 0 Å². The first kappa shape index (κ1) is 24.9. The Balaban J connectivity index is 1.57. The summed E-state index contributed by atoms with van der Waals surface area (Å²) in [5.74, 6) is 2.11. The normalized spacial score (nSPS) is 10.5. The third-order valence-electron chi connectivity index (χ3n) is 4.88. The van der Waals surface area contributed by atoms with E-state index in [0.29, 0.717) is 46.0 Å². The van der Waals surface area contributed by atoms with Gasteiger partial charge in [0.05, 0.1) is 39.3 Å². The Bertz CT molecular complexity index is 1130. The van der Waals surface area contributed by atoms with Gasteiger partial charge >= 0.3 is 0 Å². The van der Waals surface area contributed by atoms with E-state index in [2.05, 4.69) is 20.8 Å². The molecule has 2 amide bonds. The summed E-state index contributed by atoms with van der Waals surface area (Å²) in [7, 11) is 4.66. The maximum absolute atomic E-state index is 12.5. The number of anilines is 1. The average molecular weight is 486 g/mol. The molecule has 0 aliphatic rings. The zero-order valence-corrected chi connectivity index (χ0v) is 20.3. The number of hydrogen-bond acceptors (Lipinski definition) is 8. The standard InChI is InChI=1S/C23H27N5O5S/c1-5-28-20(13-24-22(30)15-6-8-16(31-2)9-7-15)26-27-23(28)34-14-21(29)25-18-11-10-17(32-3)12-19(18)33-4/h6-12H,5,13-14H2,1-4H3,(H,24,30)(H,25,29). The Morgan fingerprint density at radius 2 is 1.68 bits per heavy atom. The molecule has 0 saturated heterocycles. The first-order valence-electron chi connectivity index (χ1n) is 10.5. The van der Waals surface area contributed by atoms with Crippen LogP contribution in [0.2, 0.25) is 0 Å². The van der Waals surface area contributed by atoms with Gasteiger partial charge in [-0.15, -0.1) is 10.2 Å². The summed E-state index contributed by atoms with van der Waals surface area (Å²) in [6.45, 7) is 2.75. The van der Waals surface area contributed by atoms with Crippen molar-refractivity contribution < 1.29 is 23.8 Å². The number of carbonyl (C=O) groups excluding carboxylic acids is 2. The molecule has 0 spiro atoms. The maximum atomic E-state index is 12.5. The fourth-order valence-electron chi connectivity index (χ4n) is 3.10. The van der Waals surface area contributed by atoms with Gasteiger partial charge in [-0.1, -0.05) is 11.8 Å². The molecular formula is C23H27N5O5S. The topological polar surface area (TPSA) is 117 Å². The highest BCUT2D eigenvalue weighted by atomic mass is 32.2. The van der Waals surface area contributed by atoms with Crippen LogP contribution in [-0.4, -0.2) is 53.7 Å². The molecule has 0 saturated carbocycles. The molecule has 2 N–H and O–H groups in total. The average Bonchev–Trinajstić information content (AvgIpc) is 3.27. The van der Waals surface area contributed by atoms with Gasteiger partial charge in [-0.25, -0.2) is 0 Å². The molecule has 180 valence electrons. The van der Waals surface area contributed by atoms with Crippen molar-refractivity contribution in [1.82, 2.24) is 20.1 Å². The van der Waals surface area contributed by atoms with E-state index in [1.54, 1.807) is 56.7 Å². The Morgan fingerprint density at radius 3 is 2.32 bits per heavy atom. The quantitative estimate of drug-likeness (QED) is 0.398. The number of nitrogens with zero attached hydrogens (tertiary/aromatic N) is 3. The summed E-state index contributed by atoms with van der Waals surface area (Å²) >= 11 is 1.26. The molecule has 0 unspecified atom stereocenters. The Hall–Kier alpha value is -3.73. The van der Waals surface area contributed by atoms with Gasteiger partial charge in [-0.3, -0.25) is 9.59 Å². The number of hydrogen-bond donors (Lipinski definition) is 2. The molecule has 34 heavy (non-hydrogen) atoms. The van der Waals surface area contributed by atoms with Crippen LogP contribution in [0.3, 0.4) is 0 Å². The lowest BCUT2D eigenvalue weighted by Crippen LogP contribution is -2.24. The van der Waals surface area contributed by atoms with Crippen LogP contribution in [0.4, 0.5) is 5.69 Å². The van der Waals surface area contributed by atoms with Crippen LogP contribution < -0.4 is 24.8 Å². The molecule has 0 radical (unpaired) electrons. The molecule has 0 bridgehead atoms. The van der Waals surface area contributed by atoms with Gasteiger partial charge in [0.1, 0.15) is 17.2 Å². The van der Waals surface area contributed by atoms with E-state index in [1.165, 1.54) is 18.9 Å². The number of ether oxygens (including phenoxy) is 3. The van der Waals surface area contributed by atoms with E-state index in [-0.39, 0.29) is 24.1 Å². The predicted molar refractivity (Wildman–Crippen MR) is 129 cm³/mol. The van der Waals surface area contributed by atoms with E-state index < -0.39 is 0 Å². The van der Waals surface area contributed by atoms with Crippen molar-refractivity contribution in [3.63, 3.8) is 0 Å². The van der Waals surface area contributed by atoms with Gasteiger partial charge in [-0.05, 0) is 43.3 Å². The third kappa shape index (κ3) is 6.19. The van der Waals surface area contributed by atoms with E-state index in [9.17, 15) is 9.59 Å². The first-order valence-corrected chi connectivity index (χ1v) is 11.5. The second-order valence-electron chi connectivity index (χ2n) is 6.96. The summed E-state index contributed by atoms with van der Waals surface area (Å²) in [5, 5.41) is 14.6. The molecule has 1 aromatic heterocycles. The molecule has 11 heteroatoms. The number of thioether (sulfide) groups is 1. The maximum Gasteiger partial charge on any atom is 0.251 e. The van der Waals surface area contributed by atoms with Crippen molar-refractivity contribution in [3.8, 4) is 17.2 Å². The van der Waals surface area contributed by atoms with Crippen molar-refractivity contribution >= 4 is 29.3 Å². The zero-order valence-electron chi connectivity index (χ0n) is 19.5. The number of amides is 2. The summed E-state index contributed by atoms with van der Waals surface area (Å²) in [6, 6.07) is 12.0. The van der Waals surface area contributed by atoms with Gasteiger partial charge in [-0.2, -0.15) is 0 Å². The van der Waals surface area contributed by atoms with Gasteiger partial charge < -0.3 is 29.4 Å². The Morgan fingerprint density at radius 1 is 0.971 bits per heavy atom. The minimum atomic E-state index is -0.227. The minimum Gasteiger partial charge on any atom is -0.497 e. The van der Waals surface area contributed by atoms with Crippen LogP contribution in [0.1, 0.15) is 23.1 Å². The molecule has 3 aromatic rings. The number of rotatable bonds is 11. The second-order valence-corrected chi connectivity index (χ2v) is 7.90. The highest BCUT2D eigenvalue weighted by Gasteiger charge is 2.16. The Labute approximate surface area is 202 Å². The van der Waals surface area contributed by atoms with Crippen molar-refractivity contribution in [2.45, 2.75) is 25.2 Å². The van der Waals surface area contributed by atoms with Gasteiger partial charge in [0.25, 0.3) is 5.91 Å². The molecule has 10 nitrogen and oxygen atoms in total. The van der Waals surface area contributed by atoms with E-state index in [4.69, 9.17) is 14.2 Å². The number of nitrogens with one attached hydrogen (secondary N) is 2. The highest BCUT2D eigenvalue weighted by molar-refractivity contribution is 7.99. The van der Waals surface area contributed by atoms with Crippen LogP contribution in [0.15, 0.2) is 47.6 Å². The summed E-state index contributed by atoms with van der Waals surface area (Å²) < 4.78 is 17.5. The fraction of sp³-hybridized carbons (Fsp3) is 0.304. The van der Waals surface area contributed by atoms with Crippen LogP contribution >= 0.6 is 11.8 Å². The molecule has 1 heterocycles. The van der Waals surface area contributed by atoms with Gasteiger partial charge in [0, 0.05) is 18.2 Å². The molecule has 2 aromatic carbocycles. The summed E-state index contributed by atoms with van der Waals surface area (Å²) in [6.07, 6.45) is 0. The molecule has 0 aliphatic carbocycles. The number of benzene rings is 2. The molecule has 0 aliphatic heterocycles. The molecule has 0 fully saturated rings. The first-order chi connectivity index (χ1) is 16.5. The molecule has 0 atom stereocenters. The van der Waals surface area contributed by atoms with Crippen LogP contribution in [-0.2, 0) is 17.9 Å². The van der Waals surface area contributed by atoms with Crippen molar-refractivity contribution in [3.05, 3.63) is 53.9 Å².